The Morgan fingerprint density at radius 1 is 0.531 bits per heavy atom. The summed E-state index contributed by atoms with van der Waals surface area (Å²) in [7, 11) is 0. The van der Waals surface area contributed by atoms with Crippen LogP contribution in [-0.4, -0.2) is 15.0 Å². The van der Waals surface area contributed by atoms with E-state index in [0.717, 1.165) is 40.7 Å². The van der Waals surface area contributed by atoms with E-state index in [1.165, 1.54) is 38.2 Å². The molecule has 0 saturated carbocycles. The summed E-state index contributed by atoms with van der Waals surface area (Å²) in [6, 6.07) is 44.5. The molecule has 3 nitrogen and oxygen atoms in total. The summed E-state index contributed by atoms with van der Waals surface area (Å²) in [5.74, 6) is 8.65. The fourth-order valence-electron chi connectivity index (χ4n) is 7.05. The van der Waals surface area contributed by atoms with E-state index in [2.05, 4.69) is 127 Å². The topological polar surface area (TPSA) is 38.7 Å². The van der Waals surface area contributed by atoms with E-state index in [1.54, 1.807) is 0 Å². The summed E-state index contributed by atoms with van der Waals surface area (Å²) in [6.45, 7) is 0. The van der Waals surface area contributed by atoms with Crippen molar-refractivity contribution in [3.8, 4) is 45.7 Å². The molecule has 0 spiro atoms. The van der Waals surface area contributed by atoms with E-state index in [9.17, 15) is 0 Å². The molecule has 1 atom stereocenters. The van der Waals surface area contributed by atoms with Gasteiger partial charge in [0.1, 0.15) is 0 Å². The molecule has 1 aromatic heterocycles. The van der Waals surface area contributed by atoms with Gasteiger partial charge in [-0.05, 0) is 80.4 Å². The van der Waals surface area contributed by atoms with Crippen molar-refractivity contribution in [1.29, 1.82) is 0 Å². The van der Waals surface area contributed by atoms with Gasteiger partial charge in [0.2, 0.25) is 0 Å². The Balaban J connectivity index is 1.10. The molecule has 0 fully saturated rings. The highest BCUT2D eigenvalue weighted by atomic mass is 15.0. The lowest BCUT2D eigenvalue weighted by Gasteiger charge is -2.19. The van der Waals surface area contributed by atoms with Crippen LogP contribution in [0.2, 0.25) is 0 Å². The summed E-state index contributed by atoms with van der Waals surface area (Å²) in [5.41, 5.74) is 8.99. The van der Waals surface area contributed by atoms with Gasteiger partial charge in [0.15, 0.2) is 17.5 Å². The Bertz CT molecular complexity index is 2550. The summed E-state index contributed by atoms with van der Waals surface area (Å²) in [4.78, 5) is 15.0. The average Bonchev–Trinajstić information content (AvgIpc) is 3.45. The van der Waals surface area contributed by atoms with Gasteiger partial charge in [-0.25, -0.2) is 15.0 Å². The molecule has 6 aromatic carbocycles. The first-order valence-corrected chi connectivity index (χ1v) is 16.8. The molecule has 0 N–H and O–H groups in total. The van der Waals surface area contributed by atoms with E-state index >= 15 is 0 Å². The number of hydrogen-bond acceptors (Lipinski definition) is 3. The SMILES string of the molecule is C1#CC(c2ccc3c(c2)c2c(c4ccccc43)C=CCC2)C=CC(c2nc(-c3ccccc3)nc(-c3cccc(-c4ccccc4)c3)n2)=C1. The second-order valence-corrected chi connectivity index (χ2v) is 12.5. The maximum absolute atomic E-state index is 5.03. The summed E-state index contributed by atoms with van der Waals surface area (Å²) < 4.78 is 0. The molecule has 0 radical (unpaired) electrons. The van der Waals surface area contributed by atoms with Gasteiger partial charge in [0, 0.05) is 16.7 Å². The molecular weight excluding hydrogens is 595 g/mol. The Morgan fingerprint density at radius 3 is 2.04 bits per heavy atom. The van der Waals surface area contributed by atoms with Crippen LogP contribution in [0.15, 0.2) is 152 Å². The second-order valence-electron chi connectivity index (χ2n) is 12.5. The largest absolute Gasteiger partial charge is 0.208 e. The smallest absolute Gasteiger partial charge is 0.164 e. The van der Waals surface area contributed by atoms with Crippen molar-refractivity contribution >= 4 is 33.2 Å². The summed E-state index contributed by atoms with van der Waals surface area (Å²) >= 11 is 0. The fraction of sp³-hybridized carbons (Fsp3) is 0.0652. The molecular formula is C46H31N3. The molecule has 1 unspecified atom stereocenters. The van der Waals surface area contributed by atoms with Crippen LogP contribution in [0.5, 0.6) is 0 Å². The van der Waals surface area contributed by atoms with Gasteiger partial charge < -0.3 is 0 Å². The van der Waals surface area contributed by atoms with Gasteiger partial charge in [0.25, 0.3) is 0 Å². The Morgan fingerprint density at radius 2 is 1.20 bits per heavy atom. The van der Waals surface area contributed by atoms with Crippen molar-refractivity contribution in [3.05, 3.63) is 174 Å². The molecule has 0 aliphatic heterocycles. The third-order valence-electron chi connectivity index (χ3n) is 9.49. The van der Waals surface area contributed by atoms with Gasteiger partial charge in [-0.3, -0.25) is 0 Å². The molecule has 0 amide bonds. The standard InChI is InChI=1S/C46H31N3/c1-3-13-31(14-4-1)35-19-12-20-37(29-35)46-48-44(33-15-5-2-6-16-33)47-45(49-46)34-18-11-17-32(25-26-34)36-27-28-42-40-23-8-7-21-38(40)39-22-9-10-24-41(39)43(42)30-36/h1-9,12-16,18-23,25-30,32H,10,24H2. The van der Waals surface area contributed by atoms with E-state index in [-0.39, 0.29) is 5.92 Å². The molecule has 9 rings (SSSR count). The van der Waals surface area contributed by atoms with Crippen LogP contribution in [0.4, 0.5) is 0 Å². The number of aryl methyl sites for hydroxylation is 1. The Labute approximate surface area is 286 Å². The fourth-order valence-corrected chi connectivity index (χ4v) is 7.05. The van der Waals surface area contributed by atoms with E-state index in [0.29, 0.717) is 17.5 Å². The maximum Gasteiger partial charge on any atom is 0.164 e. The van der Waals surface area contributed by atoms with Crippen molar-refractivity contribution in [1.82, 2.24) is 15.0 Å². The lowest BCUT2D eigenvalue weighted by molar-refractivity contribution is 0.999. The van der Waals surface area contributed by atoms with Crippen LogP contribution < -0.4 is 0 Å². The van der Waals surface area contributed by atoms with Crippen LogP contribution in [-0.2, 0) is 6.42 Å². The molecule has 0 saturated heterocycles. The van der Waals surface area contributed by atoms with E-state index in [1.807, 2.05) is 42.5 Å². The van der Waals surface area contributed by atoms with Crippen molar-refractivity contribution in [2.45, 2.75) is 18.8 Å². The zero-order valence-electron chi connectivity index (χ0n) is 26.8. The van der Waals surface area contributed by atoms with E-state index in [4.69, 9.17) is 15.0 Å². The van der Waals surface area contributed by atoms with Crippen LogP contribution in [0.3, 0.4) is 0 Å². The molecule has 2 aliphatic rings. The van der Waals surface area contributed by atoms with Crippen LogP contribution in [0, 0.1) is 11.8 Å². The minimum Gasteiger partial charge on any atom is -0.208 e. The minimum absolute atomic E-state index is 0.0585. The van der Waals surface area contributed by atoms with Crippen molar-refractivity contribution < 1.29 is 0 Å². The lowest BCUT2D eigenvalue weighted by Crippen LogP contribution is -2.02. The zero-order chi connectivity index (χ0) is 32.6. The number of benzene rings is 6. The van der Waals surface area contributed by atoms with Crippen molar-refractivity contribution in [3.63, 3.8) is 0 Å². The summed E-state index contributed by atoms with van der Waals surface area (Å²) in [5, 5.41) is 5.26. The van der Waals surface area contributed by atoms with Crippen molar-refractivity contribution in [2.24, 2.45) is 0 Å². The highest BCUT2D eigenvalue weighted by Gasteiger charge is 2.18. The predicted molar refractivity (Wildman–Crippen MR) is 203 cm³/mol. The number of nitrogens with zero attached hydrogens (tertiary/aromatic N) is 3. The first-order chi connectivity index (χ1) is 24.3. The Hall–Kier alpha value is -6.37. The minimum atomic E-state index is -0.0585. The predicted octanol–water partition coefficient (Wildman–Crippen LogP) is 10.9. The third-order valence-corrected chi connectivity index (χ3v) is 9.49. The normalized spacial score (nSPS) is 14.9. The number of aromatic nitrogens is 3. The number of fused-ring (bicyclic) bond motifs is 6. The van der Waals surface area contributed by atoms with Gasteiger partial charge in [-0.1, -0.05) is 151 Å². The molecule has 0 bridgehead atoms. The van der Waals surface area contributed by atoms with Gasteiger partial charge in [-0.2, -0.15) is 0 Å². The number of hydrogen-bond donors (Lipinski definition) is 0. The van der Waals surface area contributed by atoms with Gasteiger partial charge in [0.05, 0.1) is 5.92 Å². The van der Waals surface area contributed by atoms with Crippen LogP contribution >= 0.6 is 0 Å². The zero-order valence-corrected chi connectivity index (χ0v) is 26.8. The first kappa shape index (κ1) is 28.8. The lowest BCUT2D eigenvalue weighted by atomic mass is 9.85. The molecule has 49 heavy (non-hydrogen) atoms. The van der Waals surface area contributed by atoms with Gasteiger partial charge in [-0.15, -0.1) is 0 Å². The quantitative estimate of drug-likeness (QED) is 0.141. The molecule has 3 heteroatoms. The third kappa shape index (κ3) is 5.44. The molecule has 1 heterocycles. The van der Waals surface area contributed by atoms with E-state index < -0.39 is 0 Å². The first-order valence-electron chi connectivity index (χ1n) is 16.8. The van der Waals surface area contributed by atoms with Gasteiger partial charge >= 0.3 is 0 Å². The Kier molecular flexibility index (Phi) is 7.26. The highest BCUT2D eigenvalue weighted by Crippen LogP contribution is 2.38. The van der Waals surface area contributed by atoms with Crippen molar-refractivity contribution in [2.75, 3.05) is 0 Å². The summed E-state index contributed by atoms with van der Waals surface area (Å²) in [6.07, 6.45) is 12.9. The second kappa shape index (κ2) is 12.3. The molecule has 7 aromatic rings. The maximum atomic E-state index is 5.03. The van der Waals surface area contributed by atoms with Crippen LogP contribution in [0.1, 0.15) is 34.9 Å². The van der Waals surface area contributed by atoms with Crippen LogP contribution in [0.25, 0.3) is 67.1 Å². The molecule has 2 aliphatic carbocycles. The monoisotopic (exact) mass is 625 g/mol. The molecule has 230 valence electrons. The average molecular weight is 626 g/mol. The number of allylic oxidation sites excluding steroid dienone is 5. The highest BCUT2D eigenvalue weighted by molar-refractivity contribution is 6.13. The number of rotatable bonds is 5.